The van der Waals surface area contributed by atoms with Crippen LogP contribution in [0.15, 0.2) is 29.8 Å². The zero-order valence-corrected chi connectivity index (χ0v) is 25.9. The molecule has 3 N–H and O–H groups in total. The second-order valence-corrected chi connectivity index (χ2v) is 13.0. The molecule has 2 bridgehead atoms. The van der Waals surface area contributed by atoms with Gasteiger partial charge in [-0.15, -0.1) is 0 Å². The fraction of sp³-hybridized carbons (Fsp3) is 0.594. The van der Waals surface area contributed by atoms with Crippen molar-refractivity contribution < 1.29 is 37.1 Å². The van der Waals surface area contributed by atoms with E-state index in [1.165, 1.54) is 4.90 Å². The molecular weight excluding hydrogens is 591 g/mol. The normalized spacial score (nSPS) is 27.1. The maximum absolute atomic E-state index is 14.1. The van der Waals surface area contributed by atoms with Gasteiger partial charge < -0.3 is 25.6 Å². The monoisotopic (exact) mass is 631 g/mol. The van der Waals surface area contributed by atoms with Gasteiger partial charge in [0, 0.05) is 12.2 Å². The lowest BCUT2D eigenvalue weighted by Gasteiger charge is -2.38. The Morgan fingerprint density at radius 1 is 1.18 bits per heavy atom. The molecule has 3 aliphatic rings. The first-order chi connectivity index (χ1) is 21.1. The van der Waals surface area contributed by atoms with Gasteiger partial charge in [-0.25, -0.2) is 0 Å². The van der Waals surface area contributed by atoms with E-state index in [0.717, 1.165) is 5.57 Å². The first-order valence-electron chi connectivity index (χ1n) is 15.2. The van der Waals surface area contributed by atoms with Crippen LogP contribution in [0.4, 0.5) is 18.9 Å². The van der Waals surface area contributed by atoms with Crippen molar-refractivity contribution in [3.05, 3.63) is 35.4 Å². The van der Waals surface area contributed by atoms with Crippen molar-refractivity contribution in [2.24, 2.45) is 11.3 Å². The summed E-state index contributed by atoms with van der Waals surface area (Å²) in [5.41, 5.74) is 1.15. The summed E-state index contributed by atoms with van der Waals surface area (Å²) < 4.78 is 46.2. The zero-order valence-electron chi connectivity index (χ0n) is 25.9. The quantitative estimate of drug-likeness (QED) is 0.425. The molecule has 1 fully saturated rings. The lowest BCUT2D eigenvalue weighted by Crippen LogP contribution is -2.60. The molecule has 1 aromatic rings. The van der Waals surface area contributed by atoms with Gasteiger partial charge >= 0.3 is 12.1 Å². The number of nitrogens with zero attached hydrogens (tertiary/aromatic N) is 2. The lowest BCUT2D eigenvalue weighted by atomic mass is 9.78. The minimum absolute atomic E-state index is 0.0380. The van der Waals surface area contributed by atoms with Crippen LogP contribution in [0.25, 0.3) is 0 Å². The number of allylic oxidation sites excluding steroid dienone is 2. The highest BCUT2D eigenvalue weighted by atomic mass is 19.4. The summed E-state index contributed by atoms with van der Waals surface area (Å²) in [7, 11) is 0. The average Bonchev–Trinajstić information content (AvgIpc) is 3.53. The van der Waals surface area contributed by atoms with Crippen LogP contribution in [0, 0.1) is 22.7 Å². The summed E-state index contributed by atoms with van der Waals surface area (Å²) in [5, 5.41) is 17.4. The Balaban J connectivity index is 1.71. The minimum atomic E-state index is -5.22. The number of ether oxygens (including phenoxy) is 1. The molecule has 1 unspecified atom stereocenters. The van der Waals surface area contributed by atoms with Crippen molar-refractivity contribution in [3.63, 3.8) is 0 Å². The number of hydrogen-bond donors (Lipinski definition) is 3. The molecule has 0 aromatic heterocycles. The molecule has 3 aliphatic heterocycles. The molecule has 0 spiro atoms. The van der Waals surface area contributed by atoms with E-state index < -0.39 is 53.4 Å². The van der Waals surface area contributed by atoms with Gasteiger partial charge in [0.2, 0.25) is 17.7 Å². The minimum Gasteiger partial charge on any atom is -0.494 e. The predicted molar refractivity (Wildman–Crippen MR) is 159 cm³/mol. The average molecular weight is 632 g/mol. The number of amides is 4. The standard InChI is InChI=1S/C32H40F3N5O5/c1-18(2)7-8-19-13-25-28(42)37-20(16-36)14-23-22-15-21(9-10-24(22)38-27(23)41)45-12-6-5-11-31(3,4)26(29(43)40(25)17-19)39-30(44)32(33,34)35/h7,9-10,15,19-20,23,25-26H,5-6,8,11-14,17H2,1-4H3,(H,37,42)(H,38,41)(H,39,44)/t19-,20+,23?,25+,26-/m1/s1. The summed E-state index contributed by atoms with van der Waals surface area (Å²) in [6.07, 6.45) is -1.29. The summed E-state index contributed by atoms with van der Waals surface area (Å²) in [4.78, 5) is 54.2. The number of alkyl halides is 3. The highest BCUT2D eigenvalue weighted by Crippen LogP contribution is 2.39. The molecule has 5 atom stereocenters. The van der Waals surface area contributed by atoms with Crippen LogP contribution in [-0.4, -0.2) is 66.0 Å². The molecule has 45 heavy (non-hydrogen) atoms. The topological polar surface area (TPSA) is 141 Å². The number of nitrogens with one attached hydrogen (secondary N) is 3. The number of carbonyl (C=O) groups excluding carboxylic acids is 4. The van der Waals surface area contributed by atoms with Crippen molar-refractivity contribution in [1.82, 2.24) is 15.5 Å². The van der Waals surface area contributed by atoms with Crippen molar-refractivity contribution in [2.45, 2.75) is 96.4 Å². The van der Waals surface area contributed by atoms with Crippen LogP contribution < -0.4 is 20.7 Å². The van der Waals surface area contributed by atoms with Crippen molar-refractivity contribution >= 4 is 29.3 Å². The molecule has 1 aromatic carbocycles. The van der Waals surface area contributed by atoms with Crippen molar-refractivity contribution in [2.75, 3.05) is 18.5 Å². The van der Waals surface area contributed by atoms with Crippen LogP contribution in [0.5, 0.6) is 5.75 Å². The van der Waals surface area contributed by atoms with E-state index in [-0.39, 0.29) is 44.2 Å². The Labute approximate surface area is 260 Å². The Morgan fingerprint density at radius 3 is 2.58 bits per heavy atom. The number of benzene rings is 1. The zero-order chi connectivity index (χ0) is 33.1. The van der Waals surface area contributed by atoms with Gasteiger partial charge in [-0.1, -0.05) is 25.5 Å². The number of rotatable bonds is 3. The first kappa shape index (κ1) is 33.8. The highest BCUT2D eigenvalue weighted by Gasteiger charge is 2.49. The van der Waals surface area contributed by atoms with Crippen molar-refractivity contribution in [3.8, 4) is 11.8 Å². The largest absolute Gasteiger partial charge is 0.494 e. The number of anilines is 1. The molecule has 244 valence electrons. The number of hydrogen-bond acceptors (Lipinski definition) is 6. The number of halogens is 3. The van der Waals surface area contributed by atoms with Gasteiger partial charge in [0.05, 0.1) is 18.6 Å². The van der Waals surface area contributed by atoms with Gasteiger partial charge in [-0.2, -0.15) is 18.4 Å². The third-order valence-corrected chi connectivity index (χ3v) is 8.79. The summed E-state index contributed by atoms with van der Waals surface area (Å²) in [6.45, 7) is 7.41. The van der Waals surface area contributed by atoms with Gasteiger partial charge in [0.25, 0.3) is 0 Å². The van der Waals surface area contributed by atoms with E-state index in [4.69, 9.17) is 4.74 Å². The second kappa shape index (κ2) is 13.5. The fourth-order valence-corrected chi connectivity index (χ4v) is 6.25. The smallest absolute Gasteiger partial charge is 0.471 e. The van der Waals surface area contributed by atoms with E-state index in [1.807, 2.05) is 31.3 Å². The van der Waals surface area contributed by atoms with Gasteiger partial charge in [-0.3, -0.25) is 19.2 Å². The van der Waals surface area contributed by atoms with Gasteiger partial charge in [0.15, 0.2) is 0 Å². The van der Waals surface area contributed by atoms with Crippen LogP contribution in [-0.2, 0) is 19.2 Å². The summed E-state index contributed by atoms with van der Waals surface area (Å²) >= 11 is 0. The predicted octanol–water partition coefficient (Wildman–Crippen LogP) is 4.33. The molecule has 0 aliphatic carbocycles. The Bertz CT molecular complexity index is 1400. The summed E-state index contributed by atoms with van der Waals surface area (Å²) in [5.74, 6) is -4.41. The Kier molecular flexibility index (Phi) is 10.1. The number of nitriles is 1. The maximum Gasteiger partial charge on any atom is 0.471 e. The van der Waals surface area contributed by atoms with E-state index >= 15 is 0 Å². The molecular formula is C32H40F3N5O5. The molecule has 4 amide bonds. The molecule has 4 rings (SSSR count). The number of carbonyl (C=O) groups is 4. The van der Waals surface area contributed by atoms with E-state index in [1.54, 1.807) is 32.0 Å². The van der Waals surface area contributed by atoms with Crippen LogP contribution >= 0.6 is 0 Å². The van der Waals surface area contributed by atoms with Crippen LogP contribution in [0.2, 0.25) is 0 Å². The molecule has 3 heterocycles. The van der Waals surface area contributed by atoms with Crippen molar-refractivity contribution in [1.29, 1.82) is 5.26 Å². The first-order valence-corrected chi connectivity index (χ1v) is 15.2. The molecule has 10 nitrogen and oxygen atoms in total. The SMILES string of the molecule is CC(C)=CC[C@@H]1C[C@H]2C(=O)N[C@H](C#N)CC3C(=O)Nc4ccc(cc43)OCCCCC(C)(C)[C@H](NC(=O)C(F)(F)F)C(=O)N2C1. The maximum atomic E-state index is 14.1. The Hall–Kier alpha value is -4.08. The van der Waals surface area contributed by atoms with E-state index in [9.17, 15) is 37.6 Å². The van der Waals surface area contributed by atoms with E-state index in [0.29, 0.717) is 36.3 Å². The third kappa shape index (κ3) is 7.96. The Morgan fingerprint density at radius 2 is 1.91 bits per heavy atom. The molecule has 13 heteroatoms. The third-order valence-electron chi connectivity index (χ3n) is 8.79. The van der Waals surface area contributed by atoms with Gasteiger partial charge in [0.1, 0.15) is 23.9 Å². The van der Waals surface area contributed by atoms with Crippen LogP contribution in [0.1, 0.15) is 77.7 Å². The second-order valence-electron chi connectivity index (χ2n) is 13.0. The lowest BCUT2D eigenvalue weighted by molar-refractivity contribution is -0.176. The van der Waals surface area contributed by atoms with Gasteiger partial charge in [-0.05, 0) is 87.5 Å². The van der Waals surface area contributed by atoms with E-state index in [2.05, 4.69) is 10.6 Å². The molecule has 1 saturated heterocycles. The molecule has 0 radical (unpaired) electrons. The highest BCUT2D eigenvalue weighted by molar-refractivity contribution is 6.03. The fourth-order valence-electron chi connectivity index (χ4n) is 6.25. The summed E-state index contributed by atoms with van der Waals surface area (Å²) in [6, 6.07) is 3.42. The van der Waals surface area contributed by atoms with Crippen LogP contribution in [0.3, 0.4) is 0 Å². The number of fused-ring (bicyclic) bond motifs is 2. The molecule has 0 saturated carbocycles.